The highest BCUT2D eigenvalue weighted by Crippen LogP contribution is 1.96. The normalized spacial score (nSPS) is 12.2. The van der Waals surface area contributed by atoms with Crippen LogP contribution in [0, 0.1) is 18.3 Å². The predicted molar refractivity (Wildman–Crippen MR) is 47.2 cm³/mol. The SMILES string of the molecule is C#CCC(N)C(=O)OCC(C)C. The summed E-state index contributed by atoms with van der Waals surface area (Å²) in [7, 11) is 0. The molecule has 1 atom stereocenters. The van der Waals surface area contributed by atoms with Crippen LogP contribution in [0.4, 0.5) is 0 Å². The fourth-order valence-electron chi connectivity index (χ4n) is 0.566. The number of hydrogen-bond donors (Lipinski definition) is 1. The Balaban J connectivity index is 3.66. The number of ether oxygens (including phenoxy) is 1. The van der Waals surface area contributed by atoms with Gasteiger partial charge in [0.1, 0.15) is 6.04 Å². The predicted octanol–water partition coefficient (Wildman–Crippen LogP) is 0.536. The molecular formula is C9H15NO2. The van der Waals surface area contributed by atoms with Crippen molar-refractivity contribution in [3.05, 3.63) is 0 Å². The zero-order valence-corrected chi connectivity index (χ0v) is 7.54. The topological polar surface area (TPSA) is 52.3 Å². The summed E-state index contributed by atoms with van der Waals surface area (Å²) in [6, 6.07) is -0.672. The number of carbonyl (C=O) groups is 1. The highest BCUT2D eigenvalue weighted by atomic mass is 16.5. The standard InChI is InChI=1S/C9H15NO2/c1-4-5-8(10)9(11)12-6-7(2)3/h1,7-8H,5-6,10H2,2-3H3. The zero-order chi connectivity index (χ0) is 9.56. The van der Waals surface area contributed by atoms with Crippen LogP contribution >= 0.6 is 0 Å². The molecule has 0 rings (SSSR count). The van der Waals surface area contributed by atoms with Crippen molar-refractivity contribution in [1.29, 1.82) is 0 Å². The highest BCUT2D eigenvalue weighted by Gasteiger charge is 2.13. The molecule has 0 saturated carbocycles. The lowest BCUT2D eigenvalue weighted by Gasteiger charge is -2.10. The first kappa shape index (κ1) is 11.0. The molecule has 2 N–H and O–H groups in total. The summed E-state index contributed by atoms with van der Waals surface area (Å²) < 4.78 is 4.86. The average molecular weight is 169 g/mol. The lowest BCUT2D eigenvalue weighted by atomic mass is 10.2. The largest absolute Gasteiger partial charge is 0.464 e. The van der Waals surface area contributed by atoms with Gasteiger partial charge in [-0.15, -0.1) is 12.3 Å². The van der Waals surface area contributed by atoms with E-state index in [0.717, 1.165) is 0 Å². The third kappa shape index (κ3) is 4.75. The second-order valence-corrected chi connectivity index (χ2v) is 3.04. The van der Waals surface area contributed by atoms with E-state index in [1.807, 2.05) is 13.8 Å². The van der Waals surface area contributed by atoms with E-state index in [1.54, 1.807) is 0 Å². The van der Waals surface area contributed by atoms with Crippen LogP contribution < -0.4 is 5.73 Å². The molecule has 0 heterocycles. The molecule has 68 valence electrons. The van der Waals surface area contributed by atoms with Crippen molar-refractivity contribution < 1.29 is 9.53 Å². The number of terminal acetylenes is 1. The molecule has 3 nitrogen and oxygen atoms in total. The Labute approximate surface area is 73.3 Å². The fraction of sp³-hybridized carbons (Fsp3) is 0.667. The van der Waals surface area contributed by atoms with Crippen molar-refractivity contribution in [2.24, 2.45) is 11.7 Å². The van der Waals surface area contributed by atoms with Gasteiger partial charge in [0.2, 0.25) is 0 Å². The Bertz CT molecular complexity index is 181. The van der Waals surface area contributed by atoms with E-state index in [-0.39, 0.29) is 6.42 Å². The Morgan fingerprint density at radius 3 is 2.67 bits per heavy atom. The van der Waals surface area contributed by atoms with Crippen LogP contribution in [0.2, 0.25) is 0 Å². The molecule has 0 spiro atoms. The number of carbonyl (C=O) groups excluding carboxylic acids is 1. The van der Waals surface area contributed by atoms with Gasteiger partial charge in [0, 0.05) is 6.42 Å². The molecule has 0 aromatic rings. The Hall–Kier alpha value is -1.01. The van der Waals surface area contributed by atoms with Crippen LogP contribution in [0.25, 0.3) is 0 Å². The second-order valence-electron chi connectivity index (χ2n) is 3.04. The van der Waals surface area contributed by atoms with Crippen molar-refractivity contribution in [2.75, 3.05) is 6.61 Å². The first-order valence-electron chi connectivity index (χ1n) is 3.93. The fourth-order valence-corrected chi connectivity index (χ4v) is 0.566. The summed E-state index contributed by atoms with van der Waals surface area (Å²) in [5.41, 5.74) is 5.40. The van der Waals surface area contributed by atoms with Gasteiger partial charge in [-0.05, 0) is 5.92 Å². The minimum atomic E-state index is -0.672. The van der Waals surface area contributed by atoms with Crippen molar-refractivity contribution >= 4 is 5.97 Å². The molecular weight excluding hydrogens is 154 g/mol. The molecule has 0 aliphatic carbocycles. The van der Waals surface area contributed by atoms with Gasteiger partial charge >= 0.3 is 5.97 Å². The lowest BCUT2D eigenvalue weighted by Crippen LogP contribution is -2.32. The molecule has 0 radical (unpaired) electrons. The summed E-state index contributed by atoms with van der Waals surface area (Å²) in [6.45, 7) is 4.32. The van der Waals surface area contributed by atoms with E-state index < -0.39 is 12.0 Å². The van der Waals surface area contributed by atoms with Gasteiger partial charge in [0.15, 0.2) is 0 Å². The maximum absolute atomic E-state index is 11.0. The van der Waals surface area contributed by atoms with E-state index in [1.165, 1.54) is 0 Å². The van der Waals surface area contributed by atoms with Gasteiger partial charge in [0.05, 0.1) is 6.61 Å². The molecule has 0 amide bonds. The summed E-state index contributed by atoms with van der Waals surface area (Å²) >= 11 is 0. The highest BCUT2D eigenvalue weighted by molar-refractivity contribution is 5.75. The maximum Gasteiger partial charge on any atom is 0.323 e. The molecule has 3 heteroatoms. The van der Waals surface area contributed by atoms with Crippen LogP contribution in [0.3, 0.4) is 0 Å². The molecule has 0 aromatic carbocycles. The number of hydrogen-bond acceptors (Lipinski definition) is 3. The van der Waals surface area contributed by atoms with Gasteiger partial charge in [-0.1, -0.05) is 13.8 Å². The molecule has 12 heavy (non-hydrogen) atoms. The molecule has 0 fully saturated rings. The summed E-state index contributed by atoms with van der Waals surface area (Å²) in [6.07, 6.45) is 5.22. The molecule has 0 saturated heterocycles. The quantitative estimate of drug-likeness (QED) is 0.493. The zero-order valence-electron chi connectivity index (χ0n) is 7.54. The third-order valence-corrected chi connectivity index (χ3v) is 1.20. The third-order valence-electron chi connectivity index (χ3n) is 1.20. The smallest absolute Gasteiger partial charge is 0.323 e. The summed E-state index contributed by atoms with van der Waals surface area (Å²) in [4.78, 5) is 11.0. The molecule has 0 aliphatic rings. The van der Waals surface area contributed by atoms with E-state index in [2.05, 4.69) is 5.92 Å². The van der Waals surface area contributed by atoms with E-state index in [4.69, 9.17) is 16.9 Å². The van der Waals surface area contributed by atoms with Crippen molar-refractivity contribution in [3.63, 3.8) is 0 Å². The van der Waals surface area contributed by atoms with Gasteiger partial charge in [-0.3, -0.25) is 4.79 Å². The molecule has 0 aliphatic heterocycles. The van der Waals surface area contributed by atoms with Crippen LogP contribution in [-0.2, 0) is 9.53 Å². The Morgan fingerprint density at radius 2 is 2.25 bits per heavy atom. The van der Waals surface area contributed by atoms with Gasteiger partial charge in [-0.2, -0.15) is 0 Å². The van der Waals surface area contributed by atoms with Crippen molar-refractivity contribution in [2.45, 2.75) is 26.3 Å². The summed E-state index contributed by atoms with van der Waals surface area (Å²) in [5.74, 6) is 2.22. The van der Waals surface area contributed by atoms with Gasteiger partial charge in [0.25, 0.3) is 0 Å². The van der Waals surface area contributed by atoms with E-state index >= 15 is 0 Å². The van der Waals surface area contributed by atoms with Crippen LogP contribution in [0.1, 0.15) is 20.3 Å². The summed E-state index contributed by atoms with van der Waals surface area (Å²) in [5, 5.41) is 0. The van der Waals surface area contributed by atoms with Gasteiger partial charge < -0.3 is 10.5 Å². The maximum atomic E-state index is 11.0. The van der Waals surface area contributed by atoms with Crippen LogP contribution in [0.15, 0.2) is 0 Å². The van der Waals surface area contributed by atoms with Crippen molar-refractivity contribution in [1.82, 2.24) is 0 Å². The monoisotopic (exact) mass is 169 g/mol. The van der Waals surface area contributed by atoms with Crippen molar-refractivity contribution in [3.8, 4) is 12.3 Å². The minimum Gasteiger partial charge on any atom is -0.464 e. The van der Waals surface area contributed by atoms with E-state index in [9.17, 15) is 4.79 Å². The average Bonchev–Trinajstić information content (AvgIpc) is 2.00. The first-order valence-corrected chi connectivity index (χ1v) is 3.93. The van der Waals surface area contributed by atoms with E-state index in [0.29, 0.717) is 12.5 Å². The molecule has 0 aromatic heterocycles. The van der Waals surface area contributed by atoms with Crippen LogP contribution in [-0.4, -0.2) is 18.6 Å². The Kier molecular flexibility index (Phi) is 5.14. The molecule has 1 unspecified atom stereocenters. The Morgan fingerprint density at radius 1 is 1.67 bits per heavy atom. The second kappa shape index (κ2) is 5.62. The number of rotatable bonds is 4. The van der Waals surface area contributed by atoms with Crippen LogP contribution in [0.5, 0.6) is 0 Å². The number of nitrogens with two attached hydrogens (primary N) is 1. The number of esters is 1. The minimum absolute atomic E-state index is 0.233. The lowest BCUT2D eigenvalue weighted by molar-refractivity contribution is -0.146. The molecule has 0 bridgehead atoms. The van der Waals surface area contributed by atoms with Gasteiger partial charge in [-0.25, -0.2) is 0 Å². The first-order chi connectivity index (χ1) is 5.57.